The Bertz CT molecular complexity index is 1210. The number of carbonyl (C=O) groups is 2. The van der Waals surface area contributed by atoms with Crippen molar-refractivity contribution < 1.29 is 68.6 Å². The second-order valence-corrected chi connectivity index (χ2v) is 14.2. The summed E-state index contributed by atoms with van der Waals surface area (Å²) in [6, 6.07) is 8.10. The van der Waals surface area contributed by atoms with Gasteiger partial charge in [-0.15, -0.1) is 0 Å². The summed E-state index contributed by atoms with van der Waals surface area (Å²) in [5.41, 5.74) is 0.186. The van der Waals surface area contributed by atoms with Crippen LogP contribution in [0.25, 0.3) is 0 Å². The molecule has 282 valence electrons. The first-order valence-corrected chi connectivity index (χ1v) is 18.1. The second kappa shape index (κ2) is 18.0. The summed E-state index contributed by atoms with van der Waals surface area (Å²) in [4.78, 5) is 25.9. The standard InChI is InChI=1S/C36H54O14/c1-3-21-15-10-16-23(30(21)50-35-29(41)28(40)26(38)19(2)45-35)47-36-32(49-34(44)22-13-8-5-9-14-22)31(27(39)25(18-37)48-36)46-24(33(42)43)17-20-11-6-4-7-12-20/h5,8-9,13-14,19-21,23-32,35-41H,3-4,6-7,10-12,15-18H2,1-2H3,(H,42,43)/p-1/t19-,21-,23+,24-,25+,26+,27-,28+,29-,30+,31-,32+,35-,36+/m0/s1. The first-order valence-electron chi connectivity index (χ1n) is 18.1. The number of aliphatic hydroxyl groups excluding tert-OH is 5. The highest BCUT2D eigenvalue weighted by atomic mass is 16.7. The highest BCUT2D eigenvalue weighted by molar-refractivity contribution is 5.89. The van der Waals surface area contributed by atoms with Crippen molar-refractivity contribution in [2.75, 3.05) is 6.61 Å². The highest BCUT2D eigenvalue weighted by Crippen LogP contribution is 2.38. The van der Waals surface area contributed by atoms with Gasteiger partial charge in [0.1, 0.15) is 36.6 Å². The molecule has 5 rings (SSSR count). The number of carboxylic acid groups (broad SMARTS) is 1. The van der Waals surface area contributed by atoms with Crippen LogP contribution in [0.15, 0.2) is 30.3 Å². The lowest BCUT2D eigenvalue weighted by Gasteiger charge is -2.48. The van der Waals surface area contributed by atoms with Gasteiger partial charge in [-0.05, 0) is 50.2 Å². The van der Waals surface area contributed by atoms with Crippen molar-refractivity contribution in [2.45, 2.75) is 158 Å². The number of rotatable bonds is 13. The number of benzene rings is 1. The molecule has 0 aromatic heterocycles. The Morgan fingerprint density at radius 3 is 2.22 bits per heavy atom. The maximum Gasteiger partial charge on any atom is 0.338 e. The van der Waals surface area contributed by atoms with Crippen molar-refractivity contribution in [3.8, 4) is 0 Å². The molecule has 50 heavy (non-hydrogen) atoms. The fourth-order valence-electron chi connectivity index (χ4n) is 7.77. The predicted octanol–water partition coefficient (Wildman–Crippen LogP) is 0.572. The van der Waals surface area contributed by atoms with Crippen molar-refractivity contribution in [3.63, 3.8) is 0 Å². The van der Waals surface area contributed by atoms with Crippen LogP contribution in [0.2, 0.25) is 0 Å². The molecule has 0 radical (unpaired) electrons. The van der Waals surface area contributed by atoms with Gasteiger partial charge in [-0.25, -0.2) is 4.79 Å². The van der Waals surface area contributed by atoms with E-state index < -0.39 is 98.3 Å². The molecule has 0 spiro atoms. The van der Waals surface area contributed by atoms with Crippen LogP contribution in [-0.2, 0) is 33.2 Å². The van der Waals surface area contributed by atoms with Gasteiger partial charge in [-0.3, -0.25) is 0 Å². The van der Waals surface area contributed by atoms with E-state index in [0.29, 0.717) is 12.8 Å². The molecule has 2 aliphatic heterocycles. The SMILES string of the molecule is CC[C@H]1CCC[C@@H](O[C@@H]2O[C@H](CO)[C@H](O)[C@H](O[C@@H](CC3CCCCC3)C(=O)[O-])[C@H]2OC(=O)c2ccccc2)[C@@H]1O[C@@H]1O[C@@H](C)[C@@H](O)[C@@H](O)[C@@H]1O. The number of hydrogen-bond donors (Lipinski definition) is 5. The quantitative estimate of drug-likeness (QED) is 0.177. The number of esters is 1. The Labute approximate surface area is 292 Å². The van der Waals surface area contributed by atoms with E-state index in [2.05, 4.69) is 0 Å². The van der Waals surface area contributed by atoms with Gasteiger partial charge in [0.25, 0.3) is 0 Å². The van der Waals surface area contributed by atoms with Crippen LogP contribution >= 0.6 is 0 Å². The van der Waals surface area contributed by atoms with Crippen molar-refractivity contribution in [2.24, 2.45) is 11.8 Å². The van der Waals surface area contributed by atoms with E-state index in [1.807, 2.05) is 6.92 Å². The van der Waals surface area contributed by atoms with Crippen LogP contribution in [-0.4, -0.2) is 124 Å². The summed E-state index contributed by atoms with van der Waals surface area (Å²) in [5, 5.41) is 65.5. The van der Waals surface area contributed by atoms with Gasteiger partial charge in [-0.1, -0.05) is 70.1 Å². The molecule has 14 nitrogen and oxygen atoms in total. The van der Waals surface area contributed by atoms with Crippen LogP contribution < -0.4 is 5.11 Å². The predicted molar refractivity (Wildman–Crippen MR) is 172 cm³/mol. The van der Waals surface area contributed by atoms with E-state index in [1.54, 1.807) is 25.1 Å². The minimum atomic E-state index is -1.61. The van der Waals surface area contributed by atoms with Crippen LogP contribution in [0.5, 0.6) is 0 Å². The molecule has 2 heterocycles. The van der Waals surface area contributed by atoms with Crippen molar-refractivity contribution in [3.05, 3.63) is 35.9 Å². The molecule has 1 aromatic rings. The zero-order valence-corrected chi connectivity index (χ0v) is 28.7. The molecule has 2 saturated carbocycles. The Balaban J connectivity index is 1.44. The van der Waals surface area contributed by atoms with E-state index in [9.17, 15) is 40.2 Å². The first-order chi connectivity index (χ1) is 24.0. The normalized spacial score (nSPS) is 39.1. The third-order valence-corrected chi connectivity index (χ3v) is 10.7. The number of aliphatic carboxylic acids is 1. The van der Waals surface area contributed by atoms with Crippen molar-refractivity contribution in [1.29, 1.82) is 0 Å². The van der Waals surface area contributed by atoms with E-state index in [1.165, 1.54) is 12.1 Å². The van der Waals surface area contributed by atoms with E-state index in [4.69, 9.17) is 28.4 Å². The highest BCUT2D eigenvalue weighted by Gasteiger charge is 2.52. The lowest BCUT2D eigenvalue weighted by atomic mass is 9.82. The molecule has 0 unspecified atom stereocenters. The number of carboxylic acids is 1. The topological polar surface area (TPSA) is 214 Å². The lowest BCUT2D eigenvalue weighted by molar-refractivity contribution is -0.354. The van der Waals surface area contributed by atoms with Gasteiger partial charge in [0.2, 0.25) is 0 Å². The fourth-order valence-corrected chi connectivity index (χ4v) is 7.77. The second-order valence-electron chi connectivity index (χ2n) is 14.2. The minimum Gasteiger partial charge on any atom is -0.547 e. The monoisotopic (exact) mass is 709 g/mol. The maximum atomic E-state index is 13.5. The van der Waals surface area contributed by atoms with E-state index in [-0.39, 0.29) is 23.8 Å². The Morgan fingerprint density at radius 1 is 0.840 bits per heavy atom. The average molecular weight is 710 g/mol. The molecule has 0 bridgehead atoms. The zero-order valence-electron chi connectivity index (χ0n) is 28.7. The molecular formula is C36H53O14-. The Hall–Kier alpha value is -2.24. The molecule has 4 aliphatic rings. The summed E-state index contributed by atoms with van der Waals surface area (Å²) in [6.45, 7) is 2.85. The van der Waals surface area contributed by atoms with E-state index in [0.717, 1.165) is 44.9 Å². The minimum absolute atomic E-state index is 0.0699. The molecule has 14 atom stereocenters. The third-order valence-electron chi connectivity index (χ3n) is 10.7. The van der Waals surface area contributed by atoms with Crippen LogP contribution in [0.4, 0.5) is 0 Å². The van der Waals surface area contributed by atoms with Crippen LogP contribution in [0.3, 0.4) is 0 Å². The lowest BCUT2D eigenvalue weighted by Crippen LogP contribution is -2.64. The summed E-state index contributed by atoms with van der Waals surface area (Å²) < 4.78 is 36.7. The summed E-state index contributed by atoms with van der Waals surface area (Å²) in [6.07, 6.45) is -9.42. The smallest absolute Gasteiger partial charge is 0.338 e. The number of hydrogen-bond acceptors (Lipinski definition) is 14. The molecule has 2 saturated heterocycles. The number of aliphatic hydroxyl groups is 5. The molecule has 1 aromatic carbocycles. The molecule has 14 heteroatoms. The molecule has 0 amide bonds. The van der Waals surface area contributed by atoms with Gasteiger partial charge in [0.15, 0.2) is 18.7 Å². The van der Waals surface area contributed by atoms with Gasteiger partial charge in [0.05, 0.1) is 42.6 Å². The van der Waals surface area contributed by atoms with Crippen LogP contribution in [0.1, 0.15) is 88.4 Å². The van der Waals surface area contributed by atoms with Crippen molar-refractivity contribution in [1.82, 2.24) is 0 Å². The van der Waals surface area contributed by atoms with Crippen LogP contribution in [0, 0.1) is 11.8 Å². The molecule has 2 aliphatic carbocycles. The first kappa shape index (κ1) is 39.0. The largest absolute Gasteiger partial charge is 0.547 e. The van der Waals surface area contributed by atoms with Gasteiger partial charge in [-0.2, -0.15) is 0 Å². The maximum absolute atomic E-state index is 13.5. The molecule has 4 fully saturated rings. The van der Waals surface area contributed by atoms with Gasteiger partial charge < -0.3 is 63.9 Å². The average Bonchev–Trinajstić information content (AvgIpc) is 3.12. The third kappa shape index (κ3) is 9.21. The number of carbonyl (C=O) groups excluding carboxylic acids is 2. The summed E-state index contributed by atoms with van der Waals surface area (Å²) >= 11 is 0. The van der Waals surface area contributed by atoms with E-state index >= 15 is 0 Å². The summed E-state index contributed by atoms with van der Waals surface area (Å²) in [5.74, 6) is -2.29. The van der Waals surface area contributed by atoms with Gasteiger partial charge >= 0.3 is 5.97 Å². The Morgan fingerprint density at radius 2 is 1.56 bits per heavy atom. The number of ether oxygens (including phenoxy) is 6. The molecule has 5 N–H and O–H groups in total. The zero-order chi connectivity index (χ0) is 35.9. The Kier molecular flexibility index (Phi) is 14.0. The fraction of sp³-hybridized carbons (Fsp3) is 0.778. The van der Waals surface area contributed by atoms with Gasteiger partial charge in [0, 0.05) is 0 Å². The summed E-state index contributed by atoms with van der Waals surface area (Å²) in [7, 11) is 0. The molecular weight excluding hydrogens is 656 g/mol. The van der Waals surface area contributed by atoms with Crippen molar-refractivity contribution >= 4 is 11.9 Å².